The summed E-state index contributed by atoms with van der Waals surface area (Å²) in [7, 11) is 0. The molecular formula is C19H29ClN2O3. The number of hydrogen-bond donors (Lipinski definition) is 2. The molecule has 0 radical (unpaired) electrons. The number of unbranched alkanes of at least 4 members (excludes halogenated alkanes) is 1. The highest BCUT2D eigenvalue weighted by molar-refractivity contribution is 6.31. The second kappa shape index (κ2) is 11.1. The molecule has 0 bridgehead atoms. The van der Waals surface area contributed by atoms with Crippen molar-refractivity contribution in [3.8, 4) is 0 Å². The molecule has 25 heavy (non-hydrogen) atoms. The van der Waals surface area contributed by atoms with E-state index in [-0.39, 0.29) is 12.3 Å². The van der Waals surface area contributed by atoms with Crippen LogP contribution in [0.2, 0.25) is 5.02 Å². The predicted molar refractivity (Wildman–Crippen MR) is 98.3 cm³/mol. The fourth-order valence-corrected chi connectivity index (χ4v) is 2.92. The molecule has 0 saturated carbocycles. The van der Waals surface area contributed by atoms with Crippen LogP contribution in [0.5, 0.6) is 0 Å². The summed E-state index contributed by atoms with van der Waals surface area (Å²) >= 11 is 6.03. The van der Waals surface area contributed by atoms with Crippen LogP contribution >= 0.6 is 11.6 Å². The molecule has 140 valence electrons. The number of anilines is 1. The van der Waals surface area contributed by atoms with Crippen molar-refractivity contribution < 1.29 is 20.0 Å². The normalized spacial score (nSPS) is 13.3. The van der Waals surface area contributed by atoms with Crippen molar-refractivity contribution in [2.45, 2.75) is 58.9 Å². The summed E-state index contributed by atoms with van der Waals surface area (Å²) in [5.74, 6) is -1.10. The molecule has 0 heterocycles. The lowest BCUT2D eigenvalue weighted by Crippen LogP contribution is -2.94. The van der Waals surface area contributed by atoms with E-state index in [1.807, 2.05) is 0 Å². The smallest absolute Gasteiger partial charge is 0.230 e. The second-order valence-electron chi connectivity index (χ2n) is 6.48. The van der Waals surface area contributed by atoms with Crippen LogP contribution in [0.15, 0.2) is 18.2 Å². The molecule has 0 fully saturated rings. The summed E-state index contributed by atoms with van der Waals surface area (Å²) < 4.78 is 0. The van der Waals surface area contributed by atoms with Crippen LogP contribution in [-0.4, -0.2) is 24.5 Å². The lowest BCUT2D eigenvalue weighted by molar-refractivity contribution is -0.687. The van der Waals surface area contributed by atoms with Crippen molar-refractivity contribution in [1.82, 2.24) is 0 Å². The molecule has 0 aliphatic heterocycles. The molecule has 1 aromatic carbocycles. The largest absolute Gasteiger partial charge is 0.544 e. The third kappa shape index (κ3) is 7.45. The van der Waals surface area contributed by atoms with E-state index in [2.05, 4.69) is 19.2 Å². The van der Waals surface area contributed by atoms with E-state index in [1.165, 1.54) is 0 Å². The highest BCUT2D eigenvalue weighted by Crippen LogP contribution is 2.23. The minimum Gasteiger partial charge on any atom is -0.544 e. The maximum Gasteiger partial charge on any atom is 0.230 e. The lowest BCUT2D eigenvalue weighted by atomic mass is 9.99. The van der Waals surface area contributed by atoms with Gasteiger partial charge >= 0.3 is 0 Å². The summed E-state index contributed by atoms with van der Waals surface area (Å²) in [4.78, 5) is 23.6. The number of amides is 1. The van der Waals surface area contributed by atoms with E-state index in [4.69, 9.17) is 11.6 Å². The van der Waals surface area contributed by atoms with Gasteiger partial charge in [0.15, 0.2) is 0 Å². The fourth-order valence-electron chi connectivity index (χ4n) is 2.74. The highest BCUT2D eigenvalue weighted by atomic mass is 35.5. The summed E-state index contributed by atoms with van der Waals surface area (Å²) in [6.45, 7) is 6.75. The monoisotopic (exact) mass is 368 g/mol. The maximum absolute atomic E-state index is 12.2. The Hall–Kier alpha value is -1.59. The molecule has 3 N–H and O–H groups in total. The summed E-state index contributed by atoms with van der Waals surface area (Å²) in [5, 5.41) is 16.4. The van der Waals surface area contributed by atoms with Gasteiger partial charge in [-0.1, -0.05) is 44.4 Å². The Morgan fingerprint density at radius 1 is 1.32 bits per heavy atom. The van der Waals surface area contributed by atoms with Crippen molar-refractivity contribution >= 4 is 29.2 Å². The highest BCUT2D eigenvalue weighted by Gasteiger charge is 2.20. The third-order valence-electron chi connectivity index (χ3n) is 4.55. The van der Waals surface area contributed by atoms with Crippen LogP contribution in [0.3, 0.4) is 0 Å². The summed E-state index contributed by atoms with van der Waals surface area (Å²) in [5.41, 5.74) is 1.36. The SMILES string of the molecule is CCCC[C@H](CC)C[NH2+][C@H](CC(=O)Nc1cccc(Cl)c1C)C(=O)[O-]. The minimum absolute atomic E-state index is 0.126. The van der Waals surface area contributed by atoms with Crippen molar-refractivity contribution in [1.29, 1.82) is 0 Å². The maximum atomic E-state index is 12.2. The molecule has 0 aliphatic carbocycles. The Balaban J connectivity index is 2.60. The molecule has 2 atom stereocenters. The molecule has 6 heteroatoms. The van der Waals surface area contributed by atoms with Crippen molar-refractivity contribution in [2.24, 2.45) is 5.92 Å². The number of aliphatic carboxylic acids is 1. The number of hydrogen-bond acceptors (Lipinski definition) is 3. The van der Waals surface area contributed by atoms with E-state index >= 15 is 0 Å². The molecule has 0 saturated heterocycles. The average molecular weight is 369 g/mol. The molecule has 1 aromatic rings. The zero-order valence-electron chi connectivity index (χ0n) is 15.3. The van der Waals surface area contributed by atoms with Gasteiger partial charge in [-0.2, -0.15) is 0 Å². The van der Waals surface area contributed by atoms with E-state index in [0.717, 1.165) is 31.2 Å². The third-order valence-corrected chi connectivity index (χ3v) is 4.96. The fraction of sp³-hybridized carbons (Fsp3) is 0.579. The van der Waals surface area contributed by atoms with Crippen LogP contribution in [0.4, 0.5) is 5.69 Å². The van der Waals surface area contributed by atoms with Crippen LogP contribution < -0.4 is 15.7 Å². The van der Waals surface area contributed by atoms with Gasteiger partial charge in [0.1, 0.15) is 6.04 Å². The van der Waals surface area contributed by atoms with Crippen molar-refractivity contribution in [3.63, 3.8) is 0 Å². The number of benzene rings is 1. The standard InChI is InChI=1S/C19H29ClN2O3/c1-4-6-8-14(5-2)12-21-17(19(24)25)11-18(23)22-16-10-7-9-15(20)13(16)3/h7,9-10,14,17,21H,4-6,8,11-12H2,1-3H3,(H,22,23)(H,24,25)/t14-,17+/m0/s1. The van der Waals surface area contributed by atoms with Gasteiger partial charge in [0, 0.05) is 16.6 Å². The van der Waals surface area contributed by atoms with E-state index in [9.17, 15) is 14.7 Å². The number of carbonyl (C=O) groups excluding carboxylic acids is 2. The Kier molecular flexibility index (Phi) is 9.53. The van der Waals surface area contributed by atoms with Crippen LogP contribution in [0.25, 0.3) is 0 Å². The first-order valence-electron chi connectivity index (χ1n) is 8.98. The molecule has 1 amide bonds. The minimum atomic E-state index is -1.21. The number of carboxylic acid groups (broad SMARTS) is 1. The molecule has 0 spiro atoms. The molecular weight excluding hydrogens is 340 g/mol. The first-order valence-corrected chi connectivity index (χ1v) is 9.35. The van der Waals surface area contributed by atoms with Crippen LogP contribution in [0.1, 0.15) is 51.5 Å². The van der Waals surface area contributed by atoms with Gasteiger partial charge < -0.3 is 20.5 Å². The zero-order valence-corrected chi connectivity index (χ0v) is 16.1. The first-order chi connectivity index (χ1) is 11.9. The Labute approximate surface area is 155 Å². The van der Waals surface area contributed by atoms with E-state index < -0.39 is 12.0 Å². The quantitative estimate of drug-likeness (QED) is 0.625. The Bertz CT molecular complexity index is 578. The Morgan fingerprint density at radius 2 is 2.04 bits per heavy atom. The number of quaternary nitrogens is 1. The lowest BCUT2D eigenvalue weighted by Gasteiger charge is -2.20. The van der Waals surface area contributed by atoms with E-state index in [1.54, 1.807) is 30.4 Å². The number of nitrogens with two attached hydrogens (primary N) is 1. The molecule has 0 aromatic heterocycles. The number of carbonyl (C=O) groups is 2. The second-order valence-corrected chi connectivity index (χ2v) is 6.89. The van der Waals surface area contributed by atoms with Crippen molar-refractivity contribution in [2.75, 3.05) is 11.9 Å². The van der Waals surface area contributed by atoms with Gasteiger partial charge in [0.25, 0.3) is 0 Å². The van der Waals surface area contributed by atoms with Gasteiger partial charge in [0.05, 0.1) is 18.9 Å². The number of rotatable bonds is 11. The average Bonchev–Trinajstić information content (AvgIpc) is 2.57. The molecule has 0 unspecified atom stereocenters. The predicted octanol–water partition coefficient (Wildman–Crippen LogP) is 1.88. The summed E-state index contributed by atoms with van der Waals surface area (Å²) in [6, 6.07) is 4.35. The number of carboxylic acids is 1. The van der Waals surface area contributed by atoms with Gasteiger partial charge in [-0.15, -0.1) is 0 Å². The van der Waals surface area contributed by atoms with Crippen molar-refractivity contribution in [3.05, 3.63) is 28.8 Å². The zero-order chi connectivity index (χ0) is 18.8. The topological polar surface area (TPSA) is 85.8 Å². The van der Waals surface area contributed by atoms with Crippen LogP contribution in [0, 0.1) is 12.8 Å². The van der Waals surface area contributed by atoms with Gasteiger partial charge in [-0.25, -0.2) is 0 Å². The number of halogens is 1. The van der Waals surface area contributed by atoms with Gasteiger partial charge in [-0.05, 0) is 37.5 Å². The van der Waals surface area contributed by atoms with Crippen LogP contribution in [-0.2, 0) is 9.59 Å². The molecule has 5 nitrogen and oxygen atoms in total. The first kappa shape index (κ1) is 21.5. The number of nitrogens with one attached hydrogen (secondary N) is 1. The molecule has 0 aliphatic rings. The van der Waals surface area contributed by atoms with Gasteiger partial charge in [-0.3, -0.25) is 4.79 Å². The van der Waals surface area contributed by atoms with E-state index in [0.29, 0.717) is 23.2 Å². The molecule has 1 rings (SSSR count). The summed E-state index contributed by atoms with van der Waals surface area (Å²) in [6.07, 6.45) is 4.22. The Morgan fingerprint density at radius 3 is 2.64 bits per heavy atom. The van der Waals surface area contributed by atoms with Gasteiger partial charge in [0.2, 0.25) is 5.91 Å².